The monoisotopic (exact) mass is 240 g/mol. The maximum atomic E-state index is 5.79. The van der Waals surface area contributed by atoms with Crippen LogP contribution in [0, 0.1) is 11.8 Å². The van der Waals surface area contributed by atoms with Gasteiger partial charge in [-0.25, -0.2) is 0 Å². The van der Waals surface area contributed by atoms with Crippen molar-refractivity contribution in [2.24, 2.45) is 11.8 Å². The van der Waals surface area contributed by atoms with Gasteiger partial charge in [0.2, 0.25) is 0 Å². The number of rotatable bonds is 4. The summed E-state index contributed by atoms with van der Waals surface area (Å²) < 4.78 is 11.4. The summed E-state index contributed by atoms with van der Waals surface area (Å²) in [5.41, 5.74) is 0. The SMILES string of the molecule is C1CCC(OCCN2C[C@H]3CNC[C@H]3C2)OC1. The minimum Gasteiger partial charge on any atom is -0.353 e. The average molecular weight is 240 g/mol. The summed E-state index contributed by atoms with van der Waals surface area (Å²) in [5.74, 6) is 1.78. The molecule has 0 aromatic rings. The first-order valence-electron chi connectivity index (χ1n) is 7.08. The lowest BCUT2D eigenvalue weighted by Crippen LogP contribution is -2.31. The normalized spacial score (nSPS) is 38.5. The molecular formula is C13H24N2O2. The van der Waals surface area contributed by atoms with Crippen molar-refractivity contribution in [2.75, 3.05) is 45.9 Å². The van der Waals surface area contributed by atoms with Crippen LogP contribution in [0.15, 0.2) is 0 Å². The molecule has 3 aliphatic heterocycles. The maximum Gasteiger partial charge on any atom is 0.157 e. The lowest BCUT2D eigenvalue weighted by atomic mass is 10.0. The van der Waals surface area contributed by atoms with Gasteiger partial charge in [-0.3, -0.25) is 0 Å². The molecule has 4 nitrogen and oxygen atoms in total. The first-order chi connectivity index (χ1) is 8.42. The second kappa shape index (κ2) is 5.65. The molecule has 3 rings (SSSR count). The average Bonchev–Trinajstić information content (AvgIpc) is 2.91. The van der Waals surface area contributed by atoms with E-state index in [-0.39, 0.29) is 6.29 Å². The van der Waals surface area contributed by atoms with Crippen molar-refractivity contribution >= 4 is 0 Å². The largest absolute Gasteiger partial charge is 0.353 e. The smallest absolute Gasteiger partial charge is 0.157 e. The number of hydrogen-bond acceptors (Lipinski definition) is 4. The van der Waals surface area contributed by atoms with Crippen molar-refractivity contribution < 1.29 is 9.47 Å². The van der Waals surface area contributed by atoms with Crippen molar-refractivity contribution in [1.29, 1.82) is 0 Å². The van der Waals surface area contributed by atoms with Gasteiger partial charge in [-0.1, -0.05) is 0 Å². The van der Waals surface area contributed by atoms with E-state index in [1.165, 1.54) is 39.0 Å². The first-order valence-corrected chi connectivity index (χ1v) is 7.08. The van der Waals surface area contributed by atoms with Crippen molar-refractivity contribution in [3.05, 3.63) is 0 Å². The van der Waals surface area contributed by atoms with Gasteiger partial charge in [-0.05, 0) is 44.2 Å². The van der Waals surface area contributed by atoms with Gasteiger partial charge in [-0.15, -0.1) is 0 Å². The Labute approximate surface area is 104 Å². The highest BCUT2D eigenvalue weighted by Crippen LogP contribution is 2.25. The van der Waals surface area contributed by atoms with E-state index in [4.69, 9.17) is 9.47 Å². The highest BCUT2D eigenvalue weighted by atomic mass is 16.7. The second-order valence-corrected chi connectivity index (χ2v) is 5.60. The van der Waals surface area contributed by atoms with E-state index in [9.17, 15) is 0 Å². The Morgan fingerprint density at radius 3 is 2.71 bits per heavy atom. The molecular weight excluding hydrogens is 216 g/mol. The van der Waals surface area contributed by atoms with Gasteiger partial charge in [0.15, 0.2) is 6.29 Å². The van der Waals surface area contributed by atoms with Crippen molar-refractivity contribution in [2.45, 2.75) is 25.6 Å². The molecule has 3 saturated heterocycles. The minimum atomic E-state index is 0.0764. The molecule has 17 heavy (non-hydrogen) atoms. The van der Waals surface area contributed by atoms with E-state index < -0.39 is 0 Å². The highest BCUT2D eigenvalue weighted by molar-refractivity contribution is 4.90. The maximum absolute atomic E-state index is 5.79. The van der Waals surface area contributed by atoms with Crippen molar-refractivity contribution in [3.8, 4) is 0 Å². The molecule has 0 radical (unpaired) electrons. The molecule has 0 amide bonds. The Morgan fingerprint density at radius 2 is 2.00 bits per heavy atom. The van der Waals surface area contributed by atoms with E-state index in [0.29, 0.717) is 0 Å². The fourth-order valence-electron chi connectivity index (χ4n) is 3.29. The van der Waals surface area contributed by atoms with Gasteiger partial charge >= 0.3 is 0 Å². The lowest BCUT2D eigenvalue weighted by Gasteiger charge is -2.24. The molecule has 3 aliphatic rings. The summed E-state index contributed by atoms with van der Waals surface area (Å²) in [6.45, 7) is 7.73. The van der Waals surface area contributed by atoms with E-state index in [0.717, 1.165) is 38.0 Å². The summed E-state index contributed by atoms with van der Waals surface area (Å²) in [5, 5.41) is 3.47. The molecule has 3 atom stereocenters. The Morgan fingerprint density at radius 1 is 1.18 bits per heavy atom. The van der Waals surface area contributed by atoms with Crippen LogP contribution in [-0.4, -0.2) is 57.1 Å². The van der Waals surface area contributed by atoms with Gasteiger partial charge in [0.1, 0.15) is 0 Å². The summed E-state index contributed by atoms with van der Waals surface area (Å²) in [4.78, 5) is 2.55. The standard InChI is InChI=1S/C13H24N2O2/c1-2-5-16-13(3-1)17-6-4-15-9-11-7-14-8-12(11)10-15/h11-14H,1-10H2/t11-,12+,13?. The molecule has 0 bridgehead atoms. The molecule has 0 aromatic heterocycles. The van der Waals surface area contributed by atoms with Gasteiger partial charge in [-0.2, -0.15) is 0 Å². The Kier molecular flexibility index (Phi) is 3.96. The molecule has 3 heterocycles. The molecule has 0 saturated carbocycles. The molecule has 0 aliphatic carbocycles. The highest BCUT2D eigenvalue weighted by Gasteiger charge is 2.35. The van der Waals surface area contributed by atoms with Gasteiger partial charge < -0.3 is 19.7 Å². The van der Waals surface area contributed by atoms with Gasteiger partial charge in [0, 0.05) is 26.2 Å². The molecule has 98 valence electrons. The quantitative estimate of drug-likeness (QED) is 0.783. The zero-order valence-corrected chi connectivity index (χ0v) is 10.6. The van der Waals surface area contributed by atoms with Crippen LogP contribution in [0.2, 0.25) is 0 Å². The lowest BCUT2D eigenvalue weighted by molar-refractivity contribution is -0.163. The van der Waals surface area contributed by atoms with Crippen LogP contribution in [0.4, 0.5) is 0 Å². The van der Waals surface area contributed by atoms with Gasteiger partial charge in [0.25, 0.3) is 0 Å². The first kappa shape index (κ1) is 11.9. The number of nitrogens with one attached hydrogen (secondary N) is 1. The second-order valence-electron chi connectivity index (χ2n) is 5.60. The molecule has 1 unspecified atom stereocenters. The van der Waals surface area contributed by atoms with Crippen LogP contribution >= 0.6 is 0 Å². The Hall–Kier alpha value is -0.160. The third-order valence-electron chi connectivity index (χ3n) is 4.31. The zero-order chi connectivity index (χ0) is 11.5. The summed E-state index contributed by atoms with van der Waals surface area (Å²) in [6, 6.07) is 0. The minimum absolute atomic E-state index is 0.0764. The fourth-order valence-corrected chi connectivity index (χ4v) is 3.29. The summed E-state index contributed by atoms with van der Waals surface area (Å²) >= 11 is 0. The Bertz CT molecular complexity index is 232. The van der Waals surface area contributed by atoms with Crippen LogP contribution in [-0.2, 0) is 9.47 Å². The Balaban J connectivity index is 1.32. The summed E-state index contributed by atoms with van der Waals surface area (Å²) in [7, 11) is 0. The molecule has 0 aromatic carbocycles. The number of nitrogens with zero attached hydrogens (tertiary/aromatic N) is 1. The van der Waals surface area contributed by atoms with E-state index in [1.807, 2.05) is 0 Å². The molecule has 3 fully saturated rings. The third kappa shape index (κ3) is 2.99. The van der Waals surface area contributed by atoms with E-state index in [1.54, 1.807) is 0 Å². The predicted octanol–water partition coefficient (Wildman–Crippen LogP) is 0.681. The van der Waals surface area contributed by atoms with Crippen molar-refractivity contribution in [3.63, 3.8) is 0 Å². The number of hydrogen-bond donors (Lipinski definition) is 1. The van der Waals surface area contributed by atoms with Crippen LogP contribution in [0.5, 0.6) is 0 Å². The van der Waals surface area contributed by atoms with Gasteiger partial charge in [0.05, 0.1) is 6.61 Å². The molecule has 4 heteroatoms. The third-order valence-corrected chi connectivity index (χ3v) is 4.31. The van der Waals surface area contributed by atoms with Crippen molar-refractivity contribution in [1.82, 2.24) is 10.2 Å². The van der Waals surface area contributed by atoms with Crippen LogP contribution < -0.4 is 5.32 Å². The molecule has 0 spiro atoms. The van der Waals surface area contributed by atoms with E-state index in [2.05, 4.69) is 10.2 Å². The number of ether oxygens (including phenoxy) is 2. The topological polar surface area (TPSA) is 33.7 Å². The van der Waals surface area contributed by atoms with Crippen LogP contribution in [0.1, 0.15) is 19.3 Å². The van der Waals surface area contributed by atoms with E-state index >= 15 is 0 Å². The molecule has 1 N–H and O–H groups in total. The zero-order valence-electron chi connectivity index (χ0n) is 10.6. The predicted molar refractivity (Wildman–Crippen MR) is 65.8 cm³/mol. The number of fused-ring (bicyclic) bond motifs is 1. The number of likely N-dealkylation sites (tertiary alicyclic amines) is 1. The fraction of sp³-hybridized carbons (Fsp3) is 1.00. The van der Waals surface area contributed by atoms with Crippen LogP contribution in [0.3, 0.4) is 0 Å². The summed E-state index contributed by atoms with van der Waals surface area (Å²) in [6.07, 6.45) is 3.61. The van der Waals surface area contributed by atoms with Crippen LogP contribution in [0.25, 0.3) is 0 Å².